The van der Waals surface area contributed by atoms with Crippen molar-refractivity contribution in [3.8, 4) is 5.75 Å². The molecule has 1 unspecified atom stereocenters. The molecule has 1 saturated heterocycles. The number of rotatable bonds is 9. The SMILES string of the molecule is CN[C@@H](C)C(=O)N[C@@H](CC1CCCCC1)C(=O)N1C[C@@H]2C[C@H]1C(=O)N[C@@H](Cc1ccccc1)C(=O)NC(C(=O)O)Cc1ccc(cc1)OCc1cn2nn1. The minimum Gasteiger partial charge on any atom is -0.487 e. The zero-order valence-electron chi connectivity index (χ0n) is 30.8. The van der Waals surface area contributed by atoms with E-state index < -0.39 is 54.0 Å². The fourth-order valence-electron chi connectivity index (χ4n) is 7.58. The number of aliphatic carboxylic acids is 1. The lowest BCUT2D eigenvalue weighted by Gasteiger charge is -2.32. The van der Waals surface area contributed by atoms with Crippen molar-refractivity contribution in [2.24, 2.45) is 5.92 Å². The van der Waals surface area contributed by atoms with Crippen LogP contribution in [0.2, 0.25) is 0 Å². The summed E-state index contributed by atoms with van der Waals surface area (Å²) in [4.78, 5) is 70.2. The lowest BCUT2D eigenvalue weighted by atomic mass is 9.84. The molecule has 54 heavy (non-hydrogen) atoms. The smallest absolute Gasteiger partial charge is 0.326 e. The Morgan fingerprint density at radius 2 is 1.74 bits per heavy atom. The molecule has 1 aromatic heterocycles. The van der Waals surface area contributed by atoms with Crippen LogP contribution in [0.15, 0.2) is 60.8 Å². The third-order valence-corrected chi connectivity index (χ3v) is 10.8. The number of carbonyl (C=O) groups excluding carboxylic acids is 4. The van der Waals surface area contributed by atoms with Gasteiger partial charge in [-0.2, -0.15) is 0 Å². The summed E-state index contributed by atoms with van der Waals surface area (Å²) >= 11 is 0. The Labute approximate surface area is 314 Å². The Morgan fingerprint density at radius 1 is 1.00 bits per heavy atom. The van der Waals surface area contributed by atoms with Gasteiger partial charge in [-0.05, 0) is 49.6 Å². The number of aromatic nitrogens is 3. The first-order valence-electron chi connectivity index (χ1n) is 18.9. The zero-order chi connectivity index (χ0) is 38.2. The number of hydrogen-bond donors (Lipinski definition) is 5. The molecule has 4 aliphatic rings. The Bertz CT molecular complexity index is 1780. The average Bonchev–Trinajstić information content (AvgIpc) is 3.85. The number of fused-ring (bicyclic) bond motifs is 9. The normalized spacial score (nSPS) is 23.5. The van der Waals surface area contributed by atoms with Crippen molar-refractivity contribution < 1.29 is 33.8 Å². The third-order valence-electron chi connectivity index (χ3n) is 10.8. The van der Waals surface area contributed by atoms with Crippen molar-refractivity contribution in [1.29, 1.82) is 0 Å². The molecule has 1 saturated carbocycles. The quantitative estimate of drug-likeness (QED) is 0.216. The van der Waals surface area contributed by atoms with Crippen molar-refractivity contribution >= 4 is 29.6 Å². The molecule has 0 spiro atoms. The molecule has 3 aromatic rings. The van der Waals surface area contributed by atoms with Crippen LogP contribution in [0.5, 0.6) is 5.75 Å². The largest absolute Gasteiger partial charge is 0.487 e. The predicted octanol–water partition coefficient (Wildman–Crippen LogP) is 1.92. The lowest BCUT2D eigenvalue weighted by Crippen LogP contribution is -2.58. The number of carbonyl (C=O) groups is 5. The Balaban J connectivity index is 1.34. The van der Waals surface area contributed by atoms with Crippen molar-refractivity contribution in [2.75, 3.05) is 13.6 Å². The fourth-order valence-corrected chi connectivity index (χ4v) is 7.58. The van der Waals surface area contributed by atoms with Gasteiger partial charge in [-0.1, -0.05) is 79.8 Å². The number of hydrogen-bond acceptors (Lipinski definition) is 9. The fraction of sp³-hybridized carbons (Fsp3) is 0.513. The Morgan fingerprint density at radius 3 is 2.44 bits per heavy atom. The van der Waals surface area contributed by atoms with E-state index in [0.29, 0.717) is 23.4 Å². The summed E-state index contributed by atoms with van der Waals surface area (Å²) in [6.45, 7) is 1.93. The molecule has 4 heterocycles. The molecule has 288 valence electrons. The highest BCUT2D eigenvalue weighted by atomic mass is 16.5. The lowest BCUT2D eigenvalue weighted by molar-refractivity contribution is -0.143. The monoisotopic (exact) mass is 742 g/mol. The van der Waals surface area contributed by atoms with E-state index in [1.54, 1.807) is 49.1 Å². The van der Waals surface area contributed by atoms with Crippen LogP contribution in [0.4, 0.5) is 0 Å². The highest BCUT2D eigenvalue weighted by Gasteiger charge is 2.44. The van der Waals surface area contributed by atoms with Gasteiger partial charge in [-0.15, -0.1) is 5.10 Å². The molecule has 6 bridgehead atoms. The molecule has 1 aliphatic carbocycles. The highest BCUT2D eigenvalue weighted by Crippen LogP contribution is 2.32. The standard InChI is InChI=1S/C39H50N8O7/c1-24(40-2)35(48)42-32(18-26-11-7-4-8-12-26)38(51)46-22-29-20-34(46)37(50)41-31(17-25-9-5-3-6-10-25)36(49)43-33(39(52)53)19-27-13-15-30(16-14-27)54-23-28-21-47(29)45-44-28/h3,5-6,9-10,13-16,21,24,26,29,31-34,40H,4,7-8,11-12,17-20,22-23H2,1-2H3,(H,41,50)(H,42,48)(H,43,49)(H,52,53)/t24-,29-,31-,32-,33?,34-/m0/s1. The van der Waals surface area contributed by atoms with Crippen molar-refractivity contribution in [2.45, 2.75) is 108 Å². The van der Waals surface area contributed by atoms with Gasteiger partial charge in [0.1, 0.15) is 42.2 Å². The number of carboxylic acid groups (broad SMARTS) is 1. The summed E-state index contributed by atoms with van der Waals surface area (Å²) in [7, 11) is 1.67. The van der Waals surface area contributed by atoms with Crippen LogP contribution in [0.25, 0.3) is 0 Å². The van der Waals surface area contributed by atoms with E-state index in [2.05, 4.69) is 31.6 Å². The number of likely N-dealkylation sites (tertiary alicyclic amines) is 1. The van der Waals surface area contributed by atoms with Gasteiger partial charge in [-0.3, -0.25) is 19.2 Å². The van der Waals surface area contributed by atoms with Crippen LogP contribution in [-0.4, -0.2) is 98.4 Å². The Kier molecular flexibility index (Phi) is 12.6. The van der Waals surface area contributed by atoms with Gasteiger partial charge in [0.15, 0.2) is 0 Å². The van der Waals surface area contributed by atoms with Gasteiger partial charge in [0.25, 0.3) is 0 Å². The number of benzene rings is 2. The van der Waals surface area contributed by atoms with E-state index >= 15 is 0 Å². The summed E-state index contributed by atoms with van der Waals surface area (Å²) in [5.41, 5.74) is 1.95. The first kappa shape index (κ1) is 38.4. The van der Waals surface area contributed by atoms with Crippen LogP contribution in [-0.2, 0) is 43.4 Å². The van der Waals surface area contributed by atoms with Crippen LogP contribution >= 0.6 is 0 Å². The van der Waals surface area contributed by atoms with E-state index in [1.807, 2.05) is 30.3 Å². The molecule has 15 nitrogen and oxygen atoms in total. The van der Waals surface area contributed by atoms with Crippen LogP contribution in [0.3, 0.4) is 0 Å². The molecule has 4 amide bonds. The summed E-state index contributed by atoms with van der Waals surface area (Å²) < 4.78 is 7.56. The second kappa shape index (κ2) is 17.7. The van der Waals surface area contributed by atoms with Gasteiger partial charge in [0.05, 0.1) is 18.3 Å². The predicted molar refractivity (Wildman–Crippen MR) is 197 cm³/mol. The number of ether oxygens (including phenoxy) is 1. The first-order chi connectivity index (χ1) is 26.1. The summed E-state index contributed by atoms with van der Waals surface area (Å²) in [5, 5.41) is 30.2. The van der Waals surface area contributed by atoms with Crippen molar-refractivity contribution in [1.82, 2.24) is 41.2 Å². The van der Waals surface area contributed by atoms with Crippen LogP contribution in [0, 0.1) is 5.92 Å². The van der Waals surface area contributed by atoms with E-state index in [-0.39, 0.29) is 50.1 Å². The van der Waals surface area contributed by atoms with Gasteiger partial charge in [0, 0.05) is 25.8 Å². The van der Waals surface area contributed by atoms with E-state index in [9.17, 15) is 29.1 Å². The minimum absolute atomic E-state index is 0.00542. The molecule has 2 fully saturated rings. The first-order valence-corrected chi connectivity index (χ1v) is 18.9. The number of nitrogens with one attached hydrogen (secondary N) is 4. The zero-order valence-corrected chi connectivity index (χ0v) is 30.8. The highest BCUT2D eigenvalue weighted by molar-refractivity contribution is 5.96. The summed E-state index contributed by atoms with van der Waals surface area (Å²) in [5.74, 6) is -2.40. The maximum atomic E-state index is 14.7. The van der Waals surface area contributed by atoms with Gasteiger partial charge in [0.2, 0.25) is 23.6 Å². The molecule has 7 rings (SSSR count). The number of amides is 4. The van der Waals surface area contributed by atoms with E-state index in [1.165, 1.54) is 4.90 Å². The number of carboxylic acids is 1. The summed E-state index contributed by atoms with van der Waals surface area (Å²) in [6.07, 6.45) is 7.56. The second-order valence-electron chi connectivity index (χ2n) is 14.7. The molecule has 6 atom stereocenters. The summed E-state index contributed by atoms with van der Waals surface area (Å²) in [6, 6.07) is 10.7. The molecule has 15 heteroatoms. The molecule has 5 N–H and O–H groups in total. The van der Waals surface area contributed by atoms with Gasteiger partial charge >= 0.3 is 5.97 Å². The molecule has 2 aromatic carbocycles. The average molecular weight is 743 g/mol. The number of nitrogens with zero attached hydrogens (tertiary/aromatic N) is 4. The topological polar surface area (TPSA) is 197 Å². The molecule has 0 radical (unpaired) electrons. The van der Waals surface area contributed by atoms with Gasteiger partial charge < -0.3 is 36.0 Å². The van der Waals surface area contributed by atoms with E-state index in [0.717, 1.165) is 37.7 Å². The van der Waals surface area contributed by atoms with Crippen LogP contribution < -0.4 is 26.0 Å². The maximum absolute atomic E-state index is 14.7. The minimum atomic E-state index is -1.28. The molecule has 3 aliphatic heterocycles. The van der Waals surface area contributed by atoms with Gasteiger partial charge in [-0.25, -0.2) is 9.48 Å². The maximum Gasteiger partial charge on any atom is 0.326 e. The third kappa shape index (κ3) is 9.61. The van der Waals surface area contributed by atoms with Crippen molar-refractivity contribution in [3.63, 3.8) is 0 Å². The molecular weight excluding hydrogens is 692 g/mol. The Hall–Kier alpha value is -5.31. The van der Waals surface area contributed by atoms with Crippen molar-refractivity contribution in [3.05, 3.63) is 77.6 Å². The second-order valence-corrected chi connectivity index (χ2v) is 14.7. The van der Waals surface area contributed by atoms with E-state index in [4.69, 9.17) is 4.74 Å². The number of likely N-dealkylation sites (N-methyl/N-ethyl adjacent to an activating group) is 1. The molecular formula is C39H50N8O7. The van der Waals surface area contributed by atoms with Crippen LogP contribution in [0.1, 0.15) is 74.7 Å².